The van der Waals surface area contributed by atoms with Gasteiger partial charge in [0, 0.05) is 30.1 Å². The van der Waals surface area contributed by atoms with Gasteiger partial charge in [-0.2, -0.15) is 0 Å². The largest absolute Gasteiger partial charge is 0.296 e. The molecule has 0 fully saturated rings. The van der Waals surface area contributed by atoms with Gasteiger partial charge in [0.15, 0.2) is 0 Å². The van der Waals surface area contributed by atoms with Crippen molar-refractivity contribution in [3.63, 3.8) is 0 Å². The standard InChI is InChI=1S/C16H17N3S/c1-12-18-15(11-20-12)10-19(2)9-14-6-3-5-13-7-4-8-17-16(13)14/h3-8,11H,9-10H2,1-2H3. The molecule has 0 amide bonds. The minimum Gasteiger partial charge on any atom is -0.296 e. The number of hydrogen-bond acceptors (Lipinski definition) is 4. The van der Waals surface area contributed by atoms with Crippen LogP contribution in [0.2, 0.25) is 0 Å². The molecule has 1 aromatic carbocycles. The summed E-state index contributed by atoms with van der Waals surface area (Å²) in [7, 11) is 2.12. The van der Waals surface area contributed by atoms with Gasteiger partial charge in [0.1, 0.15) is 0 Å². The minimum absolute atomic E-state index is 0.869. The van der Waals surface area contributed by atoms with Crippen LogP contribution in [-0.2, 0) is 13.1 Å². The molecule has 0 N–H and O–H groups in total. The highest BCUT2D eigenvalue weighted by atomic mass is 32.1. The molecular formula is C16H17N3S. The van der Waals surface area contributed by atoms with Gasteiger partial charge in [-0.1, -0.05) is 24.3 Å². The Morgan fingerprint density at radius 3 is 2.80 bits per heavy atom. The van der Waals surface area contributed by atoms with Crippen molar-refractivity contribution in [3.05, 3.63) is 58.2 Å². The lowest BCUT2D eigenvalue weighted by molar-refractivity contribution is 0.316. The summed E-state index contributed by atoms with van der Waals surface area (Å²) in [4.78, 5) is 11.3. The lowest BCUT2D eigenvalue weighted by Crippen LogP contribution is -2.17. The van der Waals surface area contributed by atoms with Crippen LogP contribution in [0.3, 0.4) is 0 Å². The van der Waals surface area contributed by atoms with Crippen LogP contribution in [0.15, 0.2) is 41.9 Å². The molecule has 3 aromatic rings. The van der Waals surface area contributed by atoms with Crippen LogP contribution in [0.4, 0.5) is 0 Å². The van der Waals surface area contributed by atoms with E-state index in [0.717, 1.165) is 29.3 Å². The lowest BCUT2D eigenvalue weighted by atomic mass is 10.1. The monoisotopic (exact) mass is 283 g/mol. The van der Waals surface area contributed by atoms with Crippen LogP contribution in [-0.4, -0.2) is 21.9 Å². The zero-order valence-electron chi connectivity index (χ0n) is 11.7. The number of aromatic nitrogens is 2. The van der Waals surface area contributed by atoms with Gasteiger partial charge in [-0.05, 0) is 25.6 Å². The van der Waals surface area contributed by atoms with Crippen LogP contribution in [0.1, 0.15) is 16.3 Å². The first-order valence-electron chi connectivity index (χ1n) is 6.64. The molecular weight excluding hydrogens is 266 g/mol. The summed E-state index contributed by atoms with van der Waals surface area (Å²) in [5.41, 5.74) is 3.50. The lowest BCUT2D eigenvalue weighted by Gasteiger charge is -2.16. The summed E-state index contributed by atoms with van der Waals surface area (Å²) in [6.07, 6.45) is 1.86. The highest BCUT2D eigenvalue weighted by Crippen LogP contribution is 2.18. The van der Waals surface area contributed by atoms with Crippen LogP contribution < -0.4 is 0 Å². The number of para-hydroxylation sites is 1. The third-order valence-electron chi connectivity index (χ3n) is 3.26. The van der Waals surface area contributed by atoms with Gasteiger partial charge in [0.2, 0.25) is 0 Å². The maximum atomic E-state index is 4.52. The molecule has 0 unspecified atom stereocenters. The molecule has 0 atom stereocenters. The summed E-state index contributed by atoms with van der Waals surface area (Å²) in [5, 5.41) is 4.45. The number of benzene rings is 1. The minimum atomic E-state index is 0.869. The normalized spacial score (nSPS) is 11.3. The number of fused-ring (bicyclic) bond motifs is 1. The van der Waals surface area contributed by atoms with Crippen LogP contribution in [0.5, 0.6) is 0 Å². The first-order valence-corrected chi connectivity index (χ1v) is 7.52. The Morgan fingerprint density at radius 1 is 1.15 bits per heavy atom. The maximum Gasteiger partial charge on any atom is 0.0897 e. The van der Waals surface area contributed by atoms with Crippen molar-refractivity contribution in [1.29, 1.82) is 0 Å². The van der Waals surface area contributed by atoms with Gasteiger partial charge in [0.25, 0.3) is 0 Å². The van der Waals surface area contributed by atoms with Crippen molar-refractivity contribution >= 4 is 22.2 Å². The van der Waals surface area contributed by atoms with E-state index in [1.54, 1.807) is 11.3 Å². The molecule has 0 aliphatic heterocycles. The molecule has 0 bridgehead atoms. The molecule has 0 saturated heterocycles. The molecule has 20 heavy (non-hydrogen) atoms. The van der Waals surface area contributed by atoms with E-state index in [1.807, 2.05) is 19.2 Å². The van der Waals surface area contributed by atoms with Crippen LogP contribution >= 0.6 is 11.3 Å². The molecule has 0 aliphatic rings. The number of aryl methyl sites for hydroxylation is 1. The second-order valence-corrected chi connectivity index (χ2v) is 6.08. The Labute approximate surface area is 122 Å². The van der Waals surface area contributed by atoms with E-state index < -0.39 is 0 Å². The number of hydrogen-bond donors (Lipinski definition) is 0. The zero-order valence-corrected chi connectivity index (χ0v) is 12.5. The fourth-order valence-electron chi connectivity index (χ4n) is 2.40. The first-order chi connectivity index (χ1) is 9.72. The third-order valence-corrected chi connectivity index (χ3v) is 4.08. The van der Waals surface area contributed by atoms with E-state index in [-0.39, 0.29) is 0 Å². The van der Waals surface area contributed by atoms with E-state index in [0.29, 0.717) is 0 Å². The molecule has 0 saturated carbocycles. The van der Waals surface area contributed by atoms with E-state index >= 15 is 0 Å². The van der Waals surface area contributed by atoms with Gasteiger partial charge >= 0.3 is 0 Å². The van der Waals surface area contributed by atoms with Crippen LogP contribution in [0, 0.1) is 6.92 Å². The molecule has 102 valence electrons. The average molecular weight is 283 g/mol. The number of pyridine rings is 1. The molecule has 0 spiro atoms. The van der Waals surface area contributed by atoms with Crippen molar-refractivity contribution in [1.82, 2.24) is 14.9 Å². The SMILES string of the molecule is Cc1nc(CN(C)Cc2cccc3cccnc23)cs1. The topological polar surface area (TPSA) is 29.0 Å². The second kappa shape index (κ2) is 5.69. The smallest absolute Gasteiger partial charge is 0.0897 e. The number of rotatable bonds is 4. The van der Waals surface area contributed by atoms with E-state index in [2.05, 4.69) is 51.6 Å². The van der Waals surface area contributed by atoms with Crippen molar-refractivity contribution < 1.29 is 0 Å². The quantitative estimate of drug-likeness (QED) is 0.732. The van der Waals surface area contributed by atoms with Gasteiger partial charge in [-0.25, -0.2) is 4.98 Å². The van der Waals surface area contributed by atoms with E-state index in [4.69, 9.17) is 0 Å². The molecule has 0 aliphatic carbocycles. The third kappa shape index (κ3) is 2.86. The van der Waals surface area contributed by atoms with Crippen LogP contribution in [0.25, 0.3) is 10.9 Å². The molecule has 4 heteroatoms. The van der Waals surface area contributed by atoms with Crippen molar-refractivity contribution in [2.45, 2.75) is 20.0 Å². The van der Waals surface area contributed by atoms with Gasteiger partial charge < -0.3 is 0 Å². The average Bonchev–Trinajstić information content (AvgIpc) is 2.84. The first kappa shape index (κ1) is 13.2. The fraction of sp³-hybridized carbons (Fsp3) is 0.250. The second-order valence-electron chi connectivity index (χ2n) is 5.02. The Morgan fingerprint density at radius 2 is 2.00 bits per heavy atom. The predicted octanol–water partition coefficient (Wildman–Crippen LogP) is 3.63. The predicted molar refractivity (Wildman–Crippen MR) is 83.8 cm³/mol. The van der Waals surface area contributed by atoms with E-state index in [1.165, 1.54) is 10.9 Å². The highest BCUT2D eigenvalue weighted by molar-refractivity contribution is 7.09. The summed E-state index contributed by atoms with van der Waals surface area (Å²) < 4.78 is 0. The summed E-state index contributed by atoms with van der Waals surface area (Å²) in [6.45, 7) is 3.79. The number of thiazole rings is 1. The molecule has 2 heterocycles. The Kier molecular flexibility index (Phi) is 3.76. The Bertz CT molecular complexity index is 715. The van der Waals surface area contributed by atoms with Crippen molar-refractivity contribution in [3.8, 4) is 0 Å². The fourth-order valence-corrected chi connectivity index (χ4v) is 3.00. The molecule has 3 rings (SSSR count). The van der Waals surface area contributed by atoms with Crippen molar-refractivity contribution in [2.24, 2.45) is 0 Å². The Balaban J connectivity index is 1.79. The summed E-state index contributed by atoms with van der Waals surface area (Å²) in [6, 6.07) is 10.4. The Hall–Kier alpha value is -1.78. The van der Waals surface area contributed by atoms with E-state index in [9.17, 15) is 0 Å². The zero-order chi connectivity index (χ0) is 13.9. The highest BCUT2D eigenvalue weighted by Gasteiger charge is 2.07. The molecule has 2 aromatic heterocycles. The van der Waals surface area contributed by atoms with Crippen molar-refractivity contribution in [2.75, 3.05) is 7.05 Å². The van der Waals surface area contributed by atoms with Gasteiger partial charge in [-0.3, -0.25) is 9.88 Å². The molecule has 0 radical (unpaired) electrons. The maximum absolute atomic E-state index is 4.52. The number of nitrogens with zero attached hydrogens (tertiary/aromatic N) is 3. The summed E-state index contributed by atoms with van der Waals surface area (Å²) >= 11 is 1.71. The molecule has 3 nitrogen and oxygen atoms in total. The summed E-state index contributed by atoms with van der Waals surface area (Å²) in [5.74, 6) is 0. The van der Waals surface area contributed by atoms with Gasteiger partial charge in [-0.15, -0.1) is 11.3 Å². The van der Waals surface area contributed by atoms with Gasteiger partial charge in [0.05, 0.1) is 16.2 Å².